The van der Waals surface area contributed by atoms with Gasteiger partial charge in [0.05, 0.1) is 10.7 Å². The van der Waals surface area contributed by atoms with Gasteiger partial charge < -0.3 is 4.90 Å². The quantitative estimate of drug-likeness (QED) is 0.569. The largest absolute Gasteiger partial charge is 0.369 e. The highest BCUT2D eigenvalue weighted by molar-refractivity contribution is 6.34. The molecule has 0 amide bonds. The van der Waals surface area contributed by atoms with Gasteiger partial charge in [0.25, 0.3) is 0 Å². The van der Waals surface area contributed by atoms with E-state index in [2.05, 4.69) is 9.89 Å². The van der Waals surface area contributed by atoms with Gasteiger partial charge in [-0.3, -0.25) is 0 Å². The van der Waals surface area contributed by atoms with Gasteiger partial charge in [-0.05, 0) is 25.0 Å². The zero-order chi connectivity index (χ0) is 10.7. The molecule has 1 fully saturated rings. The minimum atomic E-state index is 0.611. The Morgan fingerprint density at radius 2 is 2.07 bits per heavy atom. The number of isocyanates is 1. The summed E-state index contributed by atoms with van der Waals surface area (Å²) in [5.41, 5.74) is 1.47. The highest BCUT2D eigenvalue weighted by Crippen LogP contribution is 2.37. The third kappa shape index (κ3) is 2.04. The normalized spacial score (nSPS) is 15.1. The maximum atomic E-state index is 10.3. The highest BCUT2D eigenvalue weighted by atomic mass is 35.5. The van der Waals surface area contributed by atoms with Crippen LogP contribution in [-0.4, -0.2) is 19.2 Å². The summed E-state index contributed by atoms with van der Waals surface area (Å²) in [4.78, 5) is 16.1. The fraction of sp³-hybridized carbons (Fsp3) is 0.364. The second-order valence-corrected chi connectivity index (χ2v) is 3.91. The Bertz CT molecular complexity index is 407. The van der Waals surface area contributed by atoms with Gasteiger partial charge in [-0.15, -0.1) is 0 Å². The van der Waals surface area contributed by atoms with E-state index in [1.54, 1.807) is 18.2 Å². The molecular formula is C11H11ClN2O. The lowest BCUT2D eigenvalue weighted by Gasteiger charge is -2.20. The van der Waals surface area contributed by atoms with Crippen LogP contribution in [0.5, 0.6) is 0 Å². The molecule has 15 heavy (non-hydrogen) atoms. The van der Waals surface area contributed by atoms with Crippen molar-refractivity contribution in [1.82, 2.24) is 0 Å². The van der Waals surface area contributed by atoms with Crippen LogP contribution in [-0.2, 0) is 4.79 Å². The number of nitrogens with zero attached hydrogens (tertiary/aromatic N) is 2. The SMILES string of the molecule is O=C=Nc1cccc(Cl)c1N1CCCC1. The van der Waals surface area contributed by atoms with E-state index in [0.29, 0.717) is 10.7 Å². The fourth-order valence-electron chi connectivity index (χ4n) is 1.90. The van der Waals surface area contributed by atoms with E-state index < -0.39 is 0 Å². The molecule has 1 aliphatic rings. The van der Waals surface area contributed by atoms with Gasteiger partial charge in [0.15, 0.2) is 0 Å². The molecule has 0 radical (unpaired) electrons. The van der Waals surface area contributed by atoms with Gasteiger partial charge in [-0.25, -0.2) is 4.79 Å². The Morgan fingerprint density at radius 1 is 1.33 bits per heavy atom. The van der Waals surface area contributed by atoms with Crippen LogP contribution in [0.2, 0.25) is 5.02 Å². The molecule has 0 aromatic heterocycles. The molecule has 1 saturated heterocycles. The maximum absolute atomic E-state index is 10.3. The van der Waals surface area contributed by atoms with Crippen LogP contribution in [0.1, 0.15) is 12.8 Å². The molecule has 0 spiro atoms. The molecule has 1 aliphatic heterocycles. The second kappa shape index (κ2) is 4.47. The minimum absolute atomic E-state index is 0.611. The zero-order valence-corrected chi connectivity index (χ0v) is 9.00. The third-order valence-corrected chi connectivity index (χ3v) is 2.86. The first kappa shape index (κ1) is 10.2. The molecule has 0 unspecified atom stereocenters. The molecule has 0 aliphatic carbocycles. The number of aliphatic imine (C=N–C) groups is 1. The van der Waals surface area contributed by atoms with Crippen molar-refractivity contribution in [2.45, 2.75) is 12.8 Å². The minimum Gasteiger partial charge on any atom is -0.369 e. The predicted octanol–water partition coefficient (Wildman–Crippen LogP) is 2.91. The van der Waals surface area contributed by atoms with Crippen molar-refractivity contribution in [2.75, 3.05) is 18.0 Å². The average Bonchev–Trinajstić information content (AvgIpc) is 2.71. The van der Waals surface area contributed by atoms with Gasteiger partial charge in [0.2, 0.25) is 6.08 Å². The fourth-order valence-corrected chi connectivity index (χ4v) is 2.19. The Kier molecular flexibility index (Phi) is 3.05. The molecule has 0 atom stereocenters. The lowest BCUT2D eigenvalue weighted by atomic mass is 10.2. The summed E-state index contributed by atoms with van der Waals surface area (Å²) in [6.07, 6.45) is 3.89. The van der Waals surface area contributed by atoms with Crippen LogP contribution < -0.4 is 4.90 Å². The van der Waals surface area contributed by atoms with Crippen LogP contribution in [0.4, 0.5) is 11.4 Å². The molecule has 4 heteroatoms. The van der Waals surface area contributed by atoms with Crippen LogP contribution >= 0.6 is 11.6 Å². The van der Waals surface area contributed by atoms with Gasteiger partial charge in [-0.1, -0.05) is 17.7 Å². The summed E-state index contributed by atoms with van der Waals surface area (Å²) in [6, 6.07) is 5.39. The van der Waals surface area contributed by atoms with Crippen molar-refractivity contribution >= 4 is 29.1 Å². The molecule has 78 valence electrons. The molecule has 1 heterocycles. The predicted molar refractivity (Wildman–Crippen MR) is 60.7 cm³/mol. The summed E-state index contributed by atoms with van der Waals surface area (Å²) in [6.45, 7) is 1.95. The van der Waals surface area contributed by atoms with Crippen LogP contribution in [0.3, 0.4) is 0 Å². The topological polar surface area (TPSA) is 32.7 Å². The maximum Gasteiger partial charge on any atom is 0.240 e. The van der Waals surface area contributed by atoms with E-state index in [1.807, 2.05) is 6.07 Å². The Hall–Kier alpha value is -1.31. The van der Waals surface area contributed by atoms with E-state index in [0.717, 1.165) is 31.6 Å². The zero-order valence-electron chi connectivity index (χ0n) is 8.24. The van der Waals surface area contributed by atoms with E-state index in [-0.39, 0.29) is 0 Å². The second-order valence-electron chi connectivity index (χ2n) is 3.50. The first-order valence-corrected chi connectivity index (χ1v) is 5.32. The Balaban J connectivity index is 2.45. The summed E-state index contributed by atoms with van der Waals surface area (Å²) in [7, 11) is 0. The van der Waals surface area contributed by atoms with Gasteiger partial charge >= 0.3 is 0 Å². The standard InChI is InChI=1S/C11H11ClN2O/c12-9-4-3-5-10(13-8-15)11(9)14-6-1-2-7-14/h3-5H,1-2,6-7H2. The Morgan fingerprint density at radius 3 is 2.73 bits per heavy atom. The summed E-state index contributed by atoms with van der Waals surface area (Å²) in [5.74, 6) is 0. The first-order valence-electron chi connectivity index (χ1n) is 4.94. The number of benzene rings is 1. The van der Waals surface area contributed by atoms with E-state index >= 15 is 0 Å². The van der Waals surface area contributed by atoms with Crippen molar-refractivity contribution in [1.29, 1.82) is 0 Å². The van der Waals surface area contributed by atoms with Crippen molar-refractivity contribution in [3.8, 4) is 0 Å². The van der Waals surface area contributed by atoms with Crippen LogP contribution in [0.25, 0.3) is 0 Å². The van der Waals surface area contributed by atoms with E-state index in [9.17, 15) is 4.79 Å². The lowest BCUT2D eigenvalue weighted by Crippen LogP contribution is -2.18. The van der Waals surface area contributed by atoms with Crippen molar-refractivity contribution in [2.24, 2.45) is 4.99 Å². The molecule has 1 aromatic rings. The van der Waals surface area contributed by atoms with Gasteiger partial charge in [0, 0.05) is 13.1 Å². The number of para-hydroxylation sites is 1. The lowest BCUT2D eigenvalue weighted by molar-refractivity contribution is 0.565. The monoisotopic (exact) mass is 222 g/mol. The number of hydrogen-bond acceptors (Lipinski definition) is 3. The molecule has 0 saturated carbocycles. The van der Waals surface area contributed by atoms with Crippen LogP contribution in [0, 0.1) is 0 Å². The van der Waals surface area contributed by atoms with E-state index in [4.69, 9.17) is 11.6 Å². The number of anilines is 1. The average molecular weight is 223 g/mol. The molecule has 0 bridgehead atoms. The molecule has 2 rings (SSSR count). The molecule has 0 N–H and O–H groups in total. The van der Waals surface area contributed by atoms with Crippen molar-refractivity contribution < 1.29 is 4.79 Å². The number of hydrogen-bond donors (Lipinski definition) is 0. The first-order chi connectivity index (χ1) is 7.33. The highest BCUT2D eigenvalue weighted by Gasteiger charge is 2.18. The van der Waals surface area contributed by atoms with Crippen LogP contribution in [0.15, 0.2) is 23.2 Å². The van der Waals surface area contributed by atoms with Crippen molar-refractivity contribution in [3.05, 3.63) is 23.2 Å². The summed E-state index contributed by atoms with van der Waals surface area (Å²) >= 11 is 6.11. The summed E-state index contributed by atoms with van der Waals surface area (Å²) in [5, 5.41) is 0.647. The van der Waals surface area contributed by atoms with Crippen molar-refractivity contribution in [3.63, 3.8) is 0 Å². The third-order valence-electron chi connectivity index (χ3n) is 2.55. The number of halogens is 1. The molecule has 1 aromatic carbocycles. The smallest absolute Gasteiger partial charge is 0.240 e. The number of rotatable bonds is 2. The molecular weight excluding hydrogens is 212 g/mol. The number of carbonyl (C=O) groups excluding carboxylic acids is 1. The molecule has 3 nitrogen and oxygen atoms in total. The van der Waals surface area contributed by atoms with Gasteiger partial charge in [-0.2, -0.15) is 4.99 Å². The summed E-state index contributed by atoms with van der Waals surface area (Å²) < 4.78 is 0. The Labute approximate surface area is 93.4 Å². The van der Waals surface area contributed by atoms with Gasteiger partial charge in [0.1, 0.15) is 5.69 Å². The van der Waals surface area contributed by atoms with E-state index in [1.165, 1.54) is 0 Å².